The number of carbonyl (C=O) groups is 1. The van der Waals surface area contributed by atoms with Crippen molar-refractivity contribution in [1.29, 1.82) is 0 Å². The van der Waals surface area contributed by atoms with Crippen molar-refractivity contribution in [3.05, 3.63) is 35.1 Å². The molecule has 0 aliphatic rings. The third-order valence-corrected chi connectivity index (χ3v) is 2.33. The van der Waals surface area contributed by atoms with Crippen molar-refractivity contribution in [2.45, 2.75) is 13.3 Å². The summed E-state index contributed by atoms with van der Waals surface area (Å²) in [6.07, 6.45) is 0.829. The van der Waals surface area contributed by atoms with E-state index in [4.69, 9.17) is 0 Å². The maximum atomic E-state index is 13.6. The molecule has 1 rings (SSSR count). The number of halogens is 1. The third-order valence-electron chi connectivity index (χ3n) is 2.33. The number of amides is 1. The van der Waals surface area contributed by atoms with Crippen LogP contribution in [-0.4, -0.2) is 26.0 Å². The van der Waals surface area contributed by atoms with E-state index in [9.17, 15) is 9.18 Å². The predicted molar refractivity (Wildman–Crippen MR) is 62.0 cm³/mol. The summed E-state index contributed by atoms with van der Waals surface area (Å²) in [7, 11) is 1.85. The first kappa shape index (κ1) is 12.6. The Morgan fingerprint density at radius 3 is 2.81 bits per heavy atom. The van der Waals surface area contributed by atoms with E-state index in [1.54, 1.807) is 19.1 Å². The Balaban J connectivity index is 2.56. The van der Waals surface area contributed by atoms with E-state index in [2.05, 4.69) is 10.6 Å². The van der Waals surface area contributed by atoms with Gasteiger partial charge in [0, 0.05) is 6.54 Å². The fourth-order valence-corrected chi connectivity index (χ4v) is 1.39. The molecule has 0 fully saturated rings. The molecule has 0 spiro atoms. The van der Waals surface area contributed by atoms with Crippen molar-refractivity contribution in [1.82, 2.24) is 10.6 Å². The fourth-order valence-electron chi connectivity index (χ4n) is 1.39. The molecule has 0 heterocycles. The predicted octanol–water partition coefficient (Wildman–Crippen LogP) is 1.47. The average molecular weight is 224 g/mol. The molecule has 0 unspecified atom stereocenters. The van der Waals surface area contributed by atoms with Gasteiger partial charge in [-0.25, -0.2) is 4.39 Å². The van der Waals surface area contributed by atoms with Crippen LogP contribution in [0.5, 0.6) is 0 Å². The molecular weight excluding hydrogens is 207 g/mol. The smallest absolute Gasteiger partial charge is 0.254 e. The Morgan fingerprint density at radius 1 is 1.38 bits per heavy atom. The summed E-state index contributed by atoms with van der Waals surface area (Å²) in [4.78, 5) is 11.6. The van der Waals surface area contributed by atoms with Crippen LogP contribution in [0.1, 0.15) is 22.3 Å². The molecule has 0 aliphatic heterocycles. The van der Waals surface area contributed by atoms with Gasteiger partial charge in [-0.1, -0.05) is 12.1 Å². The number of nitrogens with one attached hydrogen (secondary N) is 2. The second kappa shape index (κ2) is 6.23. The number of rotatable bonds is 5. The van der Waals surface area contributed by atoms with Gasteiger partial charge in [0.2, 0.25) is 0 Å². The second-order valence-electron chi connectivity index (χ2n) is 3.65. The van der Waals surface area contributed by atoms with E-state index in [0.29, 0.717) is 12.1 Å². The highest BCUT2D eigenvalue weighted by Crippen LogP contribution is 2.11. The van der Waals surface area contributed by atoms with Crippen LogP contribution in [0.4, 0.5) is 4.39 Å². The molecule has 0 radical (unpaired) electrons. The Kier molecular flexibility index (Phi) is 4.92. The summed E-state index contributed by atoms with van der Waals surface area (Å²) >= 11 is 0. The monoisotopic (exact) mass is 224 g/mol. The first-order valence-corrected chi connectivity index (χ1v) is 5.34. The fraction of sp³-hybridized carbons (Fsp3) is 0.417. The highest BCUT2D eigenvalue weighted by atomic mass is 19.1. The molecule has 0 atom stereocenters. The summed E-state index contributed by atoms with van der Waals surface area (Å²) in [6.45, 7) is 3.02. The highest BCUT2D eigenvalue weighted by Gasteiger charge is 2.11. The zero-order chi connectivity index (χ0) is 12.0. The lowest BCUT2D eigenvalue weighted by molar-refractivity contribution is 0.0949. The van der Waals surface area contributed by atoms with Gasteiger partial charge in [-0.05, 0) is 38.6 Å². The Labute approximate surface area is 95.0 Å². The molecule has 1 amide bonds. The van der Waals surface area contributed by atoms with E-state index in [-0.39, 0.29) is 11.5 Å². The molecule has 16 heavy (non-hydrogen) atoms. The summed E-state index contributed by atoms with van der Waals surface area (Å²) < 4.78 is 13.6. The van der Waals surface area contributed by atoms with Crippen LogP contribution in [0.25, 0.3) is 0 Å². The zero-order valence-corrected chi connectivity index (χ0v) is 9.64. The van der Waals surface area contributed by atoms with Crippen LogP contribution in [0.15, 0.2) is 18.2 Å². The minimum absolute atomic E-state index is 0.115. The van der Waals surface area contributed by atoms with Gasteiger partial charge >= 0.3 is 0 Å². The van der Waals surface area contributed by atoms with E-state index in [1.807, 2.05) is 7.05 Å². The molecule has 1 aromatic rings. The SMILES string of the molecule is CNCCCNC(=O)c1cccc(C)c1F. The standard InChI is InChI=1S/C12H17FN2O/c1-9-5-3-6-10(11(9)13)12(16)15-8-4-7-14-2/h3,5-6,14H,4,7-8H2,1-2H3,(H,15,16). The van der Waals surface area contributed by atoms with Gasteiger partial charge in [-0.3, -0.25) is 4.79 Å². The quantitative estimate of drug-likeness (QED) is 0.744. The van der Waals surface area contributed by atoms with E-state index in [1.165, 1.54) is 6.07 Å². The van der Waals surface area contributed by atoms with Crippen molar-refractivity contribution >= 4 is 5.91 Å². The van der Waals surface area contributed by atoms with E-state index >= 15 is 0 Å². The number of carbonyl (C=O) groups excluding carboxylic acids is 1. The highest BCUT2D eigenvalue weighted by molar-refractivity contribution is 5.94. The molecule has 3 nitrogen and oxygen atoms in total. The summed E-state index contributed by atoms with van der Waals surface area (Å²) in [5.41, 5.74) is 0.604. The average Bonchev–Trinajstić information content (AvgIpc) is 2.28. The minimum Gasteiger partial charge on any atom is -0.352 e. The van der Waals surface area contributed by atoms with Crippen molar-refractivity contribution in [3.8, 4) is 0 Å². The van der Waals surface area contributed by atoms with Crippen molar-refractivity contribution in [2.75, 3.05) is 20.1 Å². The van der Waals surface area contributed by atoms with E-state index < -0.39 is 5.82 Å². The van der Waals surface area contributed by atoms with Crippen LogP contribution in [0.2, 0.25) is 0 Å². The van der Waals surface area contributed by atoms with Gasteiger partial charge in [0.05, 0.1) is 5.56 Å². The minimum atomic E-state index is -0.436. The van der Waals surface area contributed by atoms with Gasteiger partial charge < -0.3 is 10.6 Å². The second-order valence-corrected chi connectivity index (χ2v) is 3.65. The lowest BCUT2D eigenvalue weighted by Gasteiger charge is -2.07. The van der Waals surface area contributed by atoms with Crippen molar-refractivity contribution in [2.24, 2.45) is 0 Å². The van der Waals surface area contributed by atoms with E-state index in [0.717, 1.165) is 13.0 Å². The Hall–Kier alpha value is -1.42. The lowest BCUT2D eigenvalue weighted by Crippen LogP contribution is -2.27. The largest absolute Gasteiger partial charge is 0.352 e. The molecule has 4 heteroatoms. The molecule has 0 aromatic heterocycles. The first-order valence-electron chi connectivity index (χ1n) is 5.34. The molecular formula is C12H17FN2O. The number of hydrogen-bond acceptors (Lipinski definition) is 2. The first-order chi connectivity index (χ1) is 7.66. The Morgan fingerprint density at radius 2 is 2.12 bits per heavy atom. The molecule has 88 valence electrons. The molecule has 2 N–H and O–H groups in total. The van der Waals surface area contributed by atoms with Gasteiger partial charge in [0.1, 0.15) is 5.82 Å². The zero-order valence-electron chi connectivity index (χ0n) is 9.64. The van der Waals surface area contributed by atoms with Crippen LogP contribution in [0, 0.1) is 12.7 Å². The van der Waals surface area contributed by atoms with Crippen molar-refractivity contribution in [3.63, 3.8) is 0 Å². The van der Waals surface area contributed by atoms with Gasteiger partial charge in [-0.2, -0.15) is 0 Å². The van der Waals surface area contributed by atoms with Crippen LogP contribution >= 0.6 is 0 Å². The van der Waals surface area contributed by atoms with Crippen LogP contribution in [0.3, 0.4) is 0 Å². The van der Waals surface area contributed by atoms with Crippen LogP contribution < -0.4 is 10.6 Å². The molecule has 0 saturated heterocycles. The van der Waals surface area contributed by atoms with Gasteiger partial charge in [-0.15, -0.1) is 0 Å². The van der Waals surface area contributed by atoms with Crippen LogP contribution in [-0.2, 0) is 0 Å². The summed E-state index contributed by atoms with van der Waals surface area (Å²) in [5, 5.41) is 5.66. The molecule has 0 bridgehead atoms. The van der Waals surface area contributed by atoms with Gasteiger partial charge in [0.15, 0.2) is 0 Å². The Bertz CT molecular complexity index is 366. The maximum absolute atomic E-state index is 13.6. The number of hydrogen-bond donors (Lipinski definition) is 2. The molecule has 0 saturated carbocycles. The topological polar surface area (TPSA) is 41.1 Å². The number of benzene rings is 1. The summed E-state index contributed by atoms with van der Waals surface area (Å²) in [5.74, 6) is -0.786. The number of aryl methyl sites for hydroxylation is 1. The van der Waals surface area contributed by atoms with Crippen molar-refractivity contribution < 1.29 is 9.18 Å². The lowest BCUT2D eigenvalue weighted by atomic mass is 10.1. The normalized spacial score (nSPS) is 10.2. The summed E-state index contributed by atoms with van der Waals surface area (Å²) in [6, 6.07) is 4.82. The van der Waals surface area contributed by atoms with Gasteiger partial charge in [0.25, 0.3) is 5.91 Å². The molecule has 0 aliphatic carbocycles. The maximum Gasteiger partial charge on any atom is 0.254 e. The third kappa shape index (κ3) is 3.31. The molecule has 1 aromatic carbocycles.